The maximum atomic E-state index is 10.4. The van der Waals surface area contributed by atoms with E-state index in [2.05, 4.69) is 4.84 Å². The summed E-state index contributed by atoms with van der Waals surface area (Å²) >= 11 is 0. The van der Waals surface area contributed by atoms with E-state index in [1.807, 2.05) is 0 Å². The van der Waals surface area contributed by atoms with E-state index in [-0.39, 0.29) is 12.2 Å². The van der Waals surface area contributed by atoms with E-state index in [1.165, 1.54) is 14.2 Å². The highest BCUT2D eigenvalue weighted by molar-refractivity contribution is 6.19. The smallest absolute Gasteiger partial charge is 0.237 e. The molecule has 0 atom stereocenters. The molecule has 0 aliphatic heterocycles. The Morgan fingerprint density at radius 1 is 1.88 bits per heavy atom. The van der Waals surface area contributed by atoms with E-state index in [0.717, 1.165) is 5.06 Å². The molecular formula is C4H8BNO2. The van der Waals surface area contributed by atoms with E-state index < -0.39 is 0 Å². The van der Waals surface area contributed by atoms with Crippen molar-refractivity contribution in [3.63, 3.8) is 0 Å². The molecule has 0 aliphatic carbocycles. The topological polar surface area (TPSA) is 29.5 Å². The molecule has 1 amide bonds. The molecule has 0 unspecified atom stereocenters. The van der Waals surface area contributed by atoms with Crippen LogP contribution in [0.25, 0.3) is 0 Å². The van der Waals surface area contributed by atoms with Gasteiger partial charge < -0.3 is 0 Å². The van der Waals surface area contributed by atoms with Crippen LogP contribution in [0, 0.1) is 0 Å². The maximum absolute atomic E-state index is 10.4. The summed E-state index contributed by atoms with van der Waals surface area (Å²) in [5.41, 5.74) is 0. The summed E-state index contributed by atoms with van der Waals surface area (Å²) in [6.45, 7) is 0. The maximum Gasteiger partial charge on any atom is 0.237 e. The molecular weight excluding hydrogens is 105 g/mol. The first-order valence-electron chi connectivity index (χ1n) is 2.23. The van der Waals surface area contributed by atoms with Crippen molar-refractivity contribution >= 4 is 13.8 Å². The molecule has 2 radical (unpaired) electrons. The third-order valence-corrected chi connectivity index (χ3v) is 0.800. The summed E-state index contributed by atoms with van der Waals surface area (Å²) in [5.74, 6) is -0.229. The number of amides is 1. The third kappa shape index (κ3) is 1.98. The molecule has 0 fully saturated rings. The van der Waals surface area contributed by atoms with Crippen molar-refractivity contribution in [2.45, 2.75) is 6.32 Å². The Morgan fingerprint density at radius 3 is 2.50 bits per heavy atom. The molecule has 44 valence electrons. The number of carbonyl (C=O) groups is 1. The Balaban J connectivity index is 3.46. The molecule has 0 bridgehead atoms. The van der Waals surface area contributed by atoms with Crippen molar-refractivity contribution in [2.24, 2.45) is 0 Å². The molecule has 0 aromatic carbocycles. The minimum absolute atomic E-state index is 0.00958. The Labute approximate surface area is 50.0 Å². The van der Waals surface area contributed by atoms with Gasteiger partial charge in [0.2, 0.25) is 5.91 Å². The Hall–Kier alpha value is -0.505. The van der Waals surface area contributed by atoms with Crippen molar-refractivity contribution in [2.75, 3.05) is 14.2 Å². The average Bonchev–Trinajstić information content (AvgIpc) is 1.84. The van der Waals surface area contributed by atoms with Gasteiger partial charge in [-0.3, -0.25) is 9.63 Å². The molecule has 3 nitrogen and oxygen atoms in total. The van der Waals surface area contributed by atoms with Gasteiger partial charge in [-0.2, -0.15) is 0 Å². The summed E-state index contributed by atoms with van der Waals surface area (Å²) in [4.78, 5) is 14.9. The SMILES string of the molecule is [B]CC(=O)N(C)OC. The second-order valence-corrected chi connectivity index (χ2v) is 1.28. The van der Waals surface area contributed by atoms with Gasteiger partial charge in [0.25, 0.3) is 0 Å². The summed E-state index contributed by atoms with van der Waals surface area (Å²) in [7, 11) is 7.90. The molecule has 0 rings (SSSR count). The van der Waals surface area contributed by atoms with Crippen LogP contribution >= 0.6 is 0 Å². The molecule has 0 saturated heterocycles. The molecule has 0 aromatic heterocycles. The largest absolute Gasteiger partial charge is 0.275 e. The van der Waals surface area contributed by atoms with E-state index in [4.69, 9.17) is 7.85 Å². The van der Waals surface area contributed by atoms with Crippen LogP contribution < -0.4 is 0 Å². The van der Waals surface area contributed by atoms with E-state index in [1.54, 1.807) is 0 Å². The number of hydrogen-bond donors (Lipinski definition) is 0. The molecule has 0 N–H and O–H groups in total. The number of hydroxylamine groups is 2. The number of nitrogens with zero attached hydrogens (tertiary/aromatic N) is 1. The quantitative estimate of drug-likeness (QED) is 0.360. The van der Waals surface area contributed by atoms with Crippen LogP contribution in [0.3, 0.4) is 0 Å². The average molecular weight is 113 g/mol. The first kappa shape index (κ1) is 7.49. The third-order valence-electron chi connectivity index (χ3n) is 0.800. The second kappa shape index (κ2) is 3.49. The minimum atomic E-state index is -0.229. The zero-order chi connectivity index (χ0) is 6.57. The van der Waals surface area contributed by atoms with Crippen LogP contribution in [-0.4, -0.2) is 33.0 Å². The van der Waals surface area contributed by atoms with Gasteiger partial charge in [0.1, 0.15) is 0 Å². The van der Waals surface area contributed by atoms with E-state index in [9.17, 15) is 4.79 Å². The highest BCUT2D eigenvalue weighted by Gasteiger charge is 2.00. The van der Waals surface area contributed by atoms with Gasteiger partial charge in [0.15, 0.2) is 0 Å². The standard InChI is InChI=1S/C4H8BNO2/c1-6(8-2)4(7)3-5/h3H2,1-2H3. The van der Waals surface area contributed by atoms with Crippen molar-refractivity contribution in [3.05, 3.63) is 0 Å². The Kier molecular flexibility index (Phi) is 3.27. The fraction of sp³-hybridized carbons (Fsp3) is 0.750. The van der Waals surface area contributed by atoms with Gasteiger partial charge in [0, 0.05) is 7.05 Å². The highest BCUT2D eigenvalue weighted by Crippen LogP contribution is 1.85. The van der Waals surface area contributed by atoms with E-state index in [0.29, 0.717) is 0 Å². The zero-order valence-electron chi connectivity index (χ0n) is 5.05. The number of hydrogen-bond acceptors (Lipinski definition) is 2. The molecule has 0 heterocycles. The van der Waals surface area contributed by atoms with Gasteiger partial charge in [-0.05, 0) is 6.32 Å². The monoisotopic (exact) mass is 113 g/mol. The summed E-state index contributed by atoms with van der Waals surface area (Å²) < 4.78 is 0. The molecule has 4 heteroatoms. The first-order chi connectivity index (χ1) is 3.72. The van der Waals surface area contributed by atoms with Crippen LogP contribution in [-0.2, 0) is 9.63 Å². The van der Waals surface area contributed by atoms with Gasteiger partial charge in [-0.25, -0.2) is 5.06 Å². The summed E-state index contributed by atoms with van der Waals surface area (Å²) in [6.07, 6.45) is -0.00958. The lowest BCUT2D eigenvalue weighted by molar-refractivity contribution is -0.165. The van der Waals surface area contributed by atoms with Crippen LogP contribution in [0.1, 0.15) is 0 Å². The number of carbonyl (C=O) groups excluding carboxylic acids is 1. The van der Waals surface area contributed by atoms with Crippen molar-refractivity contribution < 1.29 is 9.63 Å². The zero-order valence-corrected chi connectivity index (χ0v) is 5.05. The lowest BCUT2D eigenvalue weighted by atomic mass is 10.1. The minimum Gasteiger partial charge on any atom is -0.275 e. The van der Waals surface area contributed by atoms with Gasteiger partial charge in [0.05, 0.1) is 15.0 Å². The van der Waals surface area contributed by atoms with Gasteiger partial charge in [-0.15, -0.1) is 0 Å². The molecule has 0 saturated carbocycles. The lowest BCUT2D eigenvalue weighted by Crippen LogP contribution is -2.24. The fourth-order valence-electron chi connectivity index (χ4n) is 0.230. The van der Waals surface area contributed by atoms with Crippen LogP contribution in [0.15, 0.2) is 0 Å². The van der Waals surface area contributed by atoms with Crippen molar-refractivity contribution in [1.29, 1.82) is 0 Å². The van der Waals surface area contributed by atoms with Gasteiger partial charge in [-0.1, -0.05) is 0 Å². The summed E-state index contributed by atoms with van der Waals surface area (Å²) in [6, 6.07) is 0. The predicted molar refractivity (Wildman–Crippen MR) is 30.3 cm³/mol. The van der Waals surface area contributed by atoms with Crippen LogP contribution in [0.5, 0.6) is 0 Å². The Morgan fingerprint density at radius 2 is 2.38 bits per heavy atom. The fourth-order valence-corrected chi connectivity index (χ4v) is 0.230. The highest BCUT2D eigenvalue weighted by atomic mass is 16.7. The lowest BCUT2D eigenvalue weighted by Gasteiger charge is -2.11. The van der Waals surface area contributed by atoms with Crippen molar-refractivity contribution in [3.8, 4) is 0 Å². The van der Waals surface area contributed by atoms with Gasteiger partial charge >= 0.3 is 0 Å². The van der Waals surface area contributed by atoms with Crippen LogP contribution in [0.2, 0.25) is 6.32 Å². The molecule has 0 aromatic rings. The predicted octanol–water partition coefficient (Wildman–Crippen LogP) is -0.407. The molecule has 0 aliphatic rings. The van der Waals surface area contributed by atoms with Crippen molar-refractivity contribution in [1.82, 2.24) is 5.06 Å². The van der Waals surface area contributed by atoms with Crippen LogP contribution in [0.4, 0.5) is 0 Å². The molecule has 0 spiro atoms. The Bertz CT molecular complexity index is 86.1. The normalized spacial score (nSPS) is 8.75. The summed E-state index contributed by atoms with van der Waals surface area (Å²) in [5, 5.41) is 1.08. The molecule has 8 heavy (non-hydrogen) atoms. The number of rotatable bonds is 2. The van der Waals surface area contributed by atoms with E-state index >= 15 is 0 Å². The second-order valence-electron chi connectivity index (χ2n) is 1.28. The first-order valence-corrected chi connectivity index (χ1v) is 2.23.